The predicted octanol–water partition coefficient (Wildman–Crippen LogP) is 1.96. The maximum atomic E-state index is 12.4. The third-order valence-electron chi connectivity index (χ3n) is 4.06. The van der Waals surface area contributed by atoms with Crippen LogP contribution >= 0.6 is 11.3 Å². The van der Waals surface area contributed by atoms with Crippen LogP contribution in [0.1, 0.15) is 24.1 Å². The normalized spacial score (nSPS) is 24.8. The van der Waals surface area contributed by atoms with Gasteiger partial charge in [-0.15, -0.1) is 11.3 Å². The minimum atomic E-state index is -0.168. The summed E-state index contributed by atoms with van der Waals surface area (Å²) in [7, 11) is 0. The van der Waals surface area contributed by atoms with Gasteiger partial charge in [0.15, 0.2) is 0 Å². The SMILES string of the molecule is O=C(C1CCCO1)N1CCCN(Cc2cccs2)CC1. The molecule has 1 atom stereocenters. The Morgan fingerprint density at radius 1 is 1.30 bits per heavy atom. The van der Waals surface area contributed by atoms with Gasteiger partial charge in [-0.25, -0.2) is 0 Å². The molecule has 0 saturated carbocycles. The van der Waals surface area contributed by atoms with E-state index in [0.717, 1.165) is 58.6 Å². The standard InChI is InChI=1S/C15H22N2O2S/c18-15(14-5-1-10-19-14)17-7-3-6-16(8-9-17)12-13-4-2-11-20-13/h2,4,11,14H,1,3,5-10,12H2. The molecule has 0 bridgehead atoms. The largest absolute Gasteiger partial charge is 0.368 e. The molecule has 2 fully saturated rings. The van der Waals surface area contributed by atoms with Crippen molar-refractivity contribution in [3.63, 3.8) is 0 Å². The van der Waals surface area contributed by atoms with Gasteiger partial charge in [-0.05, 0) is 30.7 Å². The molecule has 3 heterocycles. The zero-order valence-corrected chi connectivity index (χ0v) is 12.6. The molecule has 1 amide bonds. The van der Waals surface area contributed by atoms with Crippen molar-refractivity contribution in [3.05, 3.63) is 22.4 Å². The van der Waals surface area contributed by atoms with Crippen molar-refractivity contribution in [3.8, 4) is 0 Å². The van der Waals surface area contributed by atoms with Crippen molar-refractivity contribution >= 4 is 17.2 Å². The Morgan fingerprint density at radius 3 is 3.00 bits per heavy atom. The highest BCUT2D eigenvalue weighted by Gasteiger charge is 2.29. The molecule has 1 unspecified atom stereocenters. The topological polar surface area (TPSA) is 32.8 Å². The molecule has 20 heavy (non-hydrogen) atoms. The average Bonchev–Trinajstić information content (AvgIpc) is 3.10. The van der Waals surface area contributed by atoms with E-state index in [-0.39, 0.29) is 12.0 Å². The van der Waals surface area contributed by atoms with Crippen molar-refractivity contribution in [2.24, 2.45) is 0 Å². The van der Waals surface area contributed by atoms with Gasteiger partial charge in [0.25, 0.3) is 5.91 Å². The lowest BCUT2D eigenvalue weighted by atomic mass is 10.2. The summed E-state index contributed by atoms with van der Waals surface area (Å²) in [6, 6.07) is 4.29. The van der Waals surface area contributed by atoms with Crippen LogP contribution in [-0.4, -0.2) is 54.6 Å². The Balaban J connectivity index is 1.52. The third-order valence-corrected chi connectivity index (χ3v) is 4.93. The molecule has 3 rings (SSSR count). The van der Waals surface area contributed by atoms with Gasteiger partial charge >= 0.3 is 0 Å². The summed E-state index contributed by atoms with van der Waals surface area (Å²) in [6.07, 6.45) is 2.81. The fraction of sp³-hybridized carbons (Fsp3) is 0.667. The number of hydrogen-bond donors (Lipinski definition) is 0. The van der Waals surface area contributed by atoms with Gasteiger partial charge in [-0.2, -0.15) is 0 Å². The minimum absolute atomic E-state index is 0.168. The summed E-state index contributed by atoms with van der Waals surface area (Å²) in [5.74, 6) is 0.209. The molecule has 0 aromatic carbocycles. The summed E-state index contributed by atoms with van der Waals surface area (Å²) >= 11 is 1.81. The highest BCUT2D eigenvalue weighted by Crippen LogP contribution is 2.17. The smallest absolute Gasteiger partial charge is 0.251 e. The van der Waals surface area contributed by atoms with E-state index in [4.69, 9.17) is 4.74 Å². The molecule has 110 valence electrons. The molecule has 0 radical (unpaired) electrons. The predicted molar refractivity (Wildman–Crippen MR) is 79.8 cm³/mol. The molecule has 4 nitrogen and oxygen atoms in total. The first kappa shape index (κ1) is 14.0. The highest BCUT2D eigenvalue weighted by molar-refractivity contribution is 7.09. The summed E-state index contributed by atoms with van der Waals surface area (Å²) in [5, 5.41) is 2.13. The first-order valence-electron chi connectivity index (χ1n) is 7.48. The zero-order valence-electron chi connectivity index (χ0n) is 11.8. The number of nitrogens with zero attached hydrogens (tertiary/aromatic N) is 2. The molecule has 5 heteroatoms. The number of carbonyl (C=O) groups excluding carboxylic acids is 1. The van der Waals surface area contributed by atoms with Crippen LogP contribution in [0, 0.1) is 0 Å². The number of thiophene rings is 1. The van der Waals surface area contributed by atoms with Crippen LogP contribution in [0.15, 0.2) is 17.5 Å². The molecular weight excluding hydrogens is 272 g/mol. The van der Waals surface area contributed by atoms with Crippen LogP contribution < -0.4 is 0 Å². The number of ether oxygens (including phenoxy) is 1. The van der Waals surface area contributed by atoms with Crippen LogP contribution in [0.3, 0.4) is 0 Å². The van der Waals surface area contributed by atoms with Crippen LogP contribution in [-0.2, 0) is 16.1 Å². The van der Waals surface area contributed by atoms with Crippen LogP contribution in [0.25, 0.3) is 0 Å². The molecule has 2 aliphatic rings. The number of hydrogen-bond acceptors (Lipinski definition) is 4. The summed E-state index contributed by atoms with van der Waals surface area (Å²) in [4.78, 5) is 18.2. The second kappa shape index (κ2) is 6.70. The van der Waals surface area contributed by atoms with E-state index in [1.807, 2.05) is 16.2 Å². The lowest BCUT2D eigenvalue weighted by Crippen LogP contribution is -2.41. The summed E-state index contributed by atoms with van der Waals surface area (Å²) in [6.45, 7) is 5.52. The second-order valence-corrected chi connectivity index (χ2v) is 6.57. The monoisotopic (exact) mass is 294 g/mol. The Morgan fingerprint density at radius 2 is 2.25 bits per heavy atom. The fourth-order valence-electron chi connectivity index (χ4n) is 2.95. The lowest BCUT2D eigenvalue weighted by Gasteiger charge is -2.24. The molecule has 0 spiro atoms. The number of carbonyl (C=O) groups is 1. The van der Waals surface area contributed by atoms with Crippen molar-refractivity contribution in [2.75, 3.05) is 32.8 Å². The van der Waals surface area contributed by atoms with Gasteiger partial charge in [0, 0.05) is 44.2 Å². The van der Waals surface area contributed by atoms with Gasteiger partial charge in [0.2, 0.25) is 0 Å². The first-order chi connectivity index (χ1) is 9.83. The van der Waals surface area contributed by atoms with Crippen molar-refractivity contribution in [2.45, 2.75) is 31.9 Å². The first-order valence-corrected chi connectivity index (χ1v) is 8.36. The van der Waals surface area contributed by atoms with Crippen LogP contribution in [0.5, 0.6) is 0 Å². The molecule has 0 aliphatic carbocycles. The molecule has 2 aliphatic heterocycles. The molecule has 1 aromatic rings. The number of rotatable bonds is 3. The van der Waals surface area contributed by atoms with E-state index in [9.17, 15) is 4.79 Å². The maximum absolute atomic E-state index is 12.4. The quantitative estimate of drug-likeness (QED) is 0.854. The van der Waals surface area contributed by atoms with E-state index in [0.29, 0.717) is 0 Å². The average molecular weight is 294 g/mol. The van der Waals surface area contributed by atoms with Crippen molar-refractivity contribution < 1.29 is 9.53 Å². The van der Waals surface area contributed by atoms with Gasteiger partial charge < -0.3 is 9.64 Å². The van der Waals surface area contributed by atoms with Crippen LogP contribution in [0.4, 0.5) is 0 Å². The Bertz CT molecular complexity index is 429. The molecule has 2 saturated heterocycles. The van der Waals surface area contributed by atoms with Crippen molar-refractivity contribution in [1.29, 1.82) is 0 Å². The Labute approximate surface area is 124 Å². The Kier molecular flexibility index (Phi) is 4.70. The van der Waals surface area contributed by atoms with E-state index in [1.54, 1.807) is 0 Å². The maximum Gasteiger partial charge on any atom is 0.251 e. The van der Waals surface area contributed by atoms with Crippen molar-refractivity contribution in [1.82, 2.24) is 9.80 Å². The van der Waals surface area contributed by atoms with Gasteiger partial charge in [0.1, 0.15) is 6.10 Å². The van der Waals surface area contributed by atoms with Gasteiger partial charge in [0.05, 0.1) is 0 Å². The molecular formula is C15H22N2O2S. The summed E-state index contributed by atoms with van der Waals surface area (Å²) in [5.41, 5.74) is 0. The van der Waals surface area contributed by atoms with E-state index in [2.05, 4.69) is 22.4 Å². The molecule has 0 N–H and O–H groups in total. The van der Waals surface area contributed by atoms with E-state index in [1.165, 1.54) is 4.88 Å². The third kappa shape index (κ3) is 3.40. The van der Waals surface area contributed by atoms with Gasteiger partial charge in [-0.1, -0.05) is 6.07 Å². The lowest BCUT2D eigenvalue weighted by molar-refractivity contribution is -0.140. The second-order valence-electron chi connectivity index (χ2n) is 5.54. The fourth-order valence-corrected chi connectivity index (χ4v) is 3.69. The Hall–Kier alpha value is -0.910. The van der Waals surface area contributed by atoms with E-state index < -0.39 is 0 Å². The molecule has 1 aromatic heterocycles. The zero-order chi connectivity index (χ0) is 13.8. The van der Waals surface area contributed by atoms with Crippen LogP contribution in [0.2, 0.25) is 0 Å². The van der Waals surface area contributed by atoms with Gasteiger partial charge in [-0.3, -0.25) is 9.69 Å². The highest BCUT2D eigenvalue weighted by atomic mass is 32.1. The van der Waals surface area contributed by atoms with E-state index >= 15 is 0 Å². The summed E-state index contributed by atoms with van der Waals surface area (Å²) < 4.78 is 5.52. The number of amides is 1. The minimum Gasteiger partial charge on any atom is -0.368 e.